The van der Waals surface area contributed by atoms with Gasteiger partial charge in [-0.05, 0) is 61.1 Å². The molecule has 2 atom stereocenters. The second-order valence-corrected chi connectivity index (χ2v) is 16.0. The van der Waals surface area contributed by atoms with Crippen molar-refractivity contribution in [1.82, 2.24) is 46.2 Å². The highest BCUT2D eigenvalue weighted by atomic mass is 16.4. The smallest absolute Gasteiger partial charge is 0.326 e. The molecule has 1 heterocycles. The molecule has 2 aromatic rings. The van der Waals surface area contributed by atoms with Crippen molar-refractivity contribution in [3.8, 4) is 0 Å². The van der Waals surface area contributed by atoms with Gasteiger partial charge in [0.1, 0.15) is 18.4 Å². The van der Waals surface area contributed by atoms with Crippen molar-refractivity contribution in [2.75, 3.05) is 85.1 Å². The van der Waals surface area contributed by atoms with Gasteiger partial charge in [-0.3, -0.25) is 48.4 Å². The summed E-state index contributed by atoms with van der Waals surface area (Å²) in [5.41, 5.74) is 2.17. The van der Waals surface area contributed by atoms with Crippen molar-refractivity contribution in [2.45, 2.75) is 57.3 Å². The fourth-order valence-electron chi connectivity index (χ4n) is 6.93. The third-order valence-electron chi connectivity index (χ3n) is 10.8. The zero-order valence-corrected chi connectivity index (χ0v) is 37.6. The van der Waals surface area contributed by atoms with Crippen molar-refractivity contribution in [2.24, 2.45) is 0 Å². The minimum atomic E-state index is -1.52. The molecule has 24 heteroatoms. The monoisotopic (exact) mass is 955 g/mol. The summed E-state index contributed by atoms with van der Waals surface area (Å²) in [6.07, 6.45) is 0.476. The molecule has 372 valence electrons. The molecule has 24 nitrogen and oxygen atoms in total. The number of aliphatic carboxylic acids is 5. The van der Waals surface area contributed by atoms with Gasteiger partial charge in [-0.15, -0.1) is 0 Å². The maximum absolute atomic E-state index is 13.1. The molecule has 0 aliphatic carbocycles. The Balaban J connectivity index is 1.41. The number of carbonyl (C=O) groups excluding carboxylic acids is 5. The second kappa shape index (κ2) is 29.6. The number of benzene rings is 2. The lowest BCUT2D eigenvalue weighted by Crippen LogP contribution is -2.51. The van der Waals surface area contributed by atoms with E-state index in [2.05, 4.69) is 26.6 Å². The number of hydrogen-bond donors (Lipinski definition) is 10. The molecule has 1 saturated heterocycles. The molecule has 10 N–H and O–H groups in total. The lowest BCUT2D eigenvalue weighted by atomic mass is 10.1. The average molecular weight is 956 g/mol. The summed E-state index contributed by atoms with van der Waals surface area (Å²) in [5, 5.41) is 58.9. The molecule has 1 aliphatic heterocycles. The van der Waals surface area contributed by atoms with Crippen molar-refractivity contribution >= 4 is 59.9 Å². The Morgan fingerprint density at radius 3 is 1.38 bits per heavy atom. The molecular weight excluding hydrogens is 895 g/mol. The molecular formula is C44H61N9O15. The molecule has 3 rings (SSSR count). The first-order valence-electron chi connectivity index (χ1n) is 21.9. The molecule has 0 saturated carbocycles. The Morgan fingerprint density at radius 1 is 0.515 bits per heavy atom. The number of hydrogen-bond acceptors (Lipinski definition) is 14. The van der Waals surface area contributed by atoms with Crippen LogP contribution in [0.15, 0.2) is 48.5 Å². The molecule has 5 amide bonds. The normalized spacial score (nSPS) is 15.2. The van der Waals surface area contributed by atoms with Gasteiger partial charge in [-0.2, -0.15) is 0 Å². The standard InChI is InChI=1S/C44H61N9O15/c54-24-23-50-15-17-51(19-20-53(29-39(60)61)22-21-52(18-16-50)28-38(58)59)27-36(55)46-25-30-4-10-33(11-5-30)41(63)47-26-31-6-8-32(9-7-31)40(62)45-14-2-1-3-34(42(64)65)48-44(68)49-35(43(66)67)12-13-37(56)57/h4-11,24,34-35H,1-3,12-23,25-29H2,(H,45,62)(H,46,55)(H,47,63)(H,56,57)(H,58,59)(H,60,61)(H,64,65)(H,66,67)(H2,48,49,68). The van der Waals surface area contributed by atoms with Crippen LogP contribution in [0.5, 0.6) is 0 Å². The number of aldehydes is 1. The van der Waals surface area contributed by atoms with Crippen LogP contribution in [0.4, 0.5) is 4.79 Å². The van der Waals surface area contributed by atoms with Gasteiger partial charge in [0, 0.05) is 89.5 Å². The van der Waals surface area contributed by atoms with E-state index in [4.69, 9.17) is 5.11 Å². The third-order valence-corrected chi connectivity index (χ3v) is 10.8. The summed E-state index contributed by atoms with van der Waals surface area (Å²) in [6.45, 7) is 3.11. The highest BCUT2D eigenvalue weighted by molar-refractivity contribution is 5.95. The number of carboxylic acid groups (broad SMARTS) is 5. The summed E-state index contributed by atoms with van der Waals surface area (Å²) in [4.78, 5) is 126. The van der Waals surface area contributed by atoms with E-state index in [0.717, 1.165) is 11.8 Å². The van der Waals surface area contributed by atoms with Crippen LogP contribution in [-0.4, -0.2) is 202 Å². The van der Waals surface area contributed by atoms with Gasteiger partial charge in [0.05, 0.1) is 26.2 Å². The summed E-state index contributed by atoms with van der Waals surface area (Å²) in [6, 6.07) is 9.22. The fraction of sp³-hybridized carbons (Fsp3) is 0.500. The van der Waals surface area contributed by atoms with E-state index in [0.29, 0.717) is 75.5 Å². The van der Waals surface area contributed by atoms with E-state index in [1.165, 1.54) is 0 Å². The van der Waals surface area contributed by atoms with Gasteiger partial charge in [0.25, 0.3) is 11.8 Å². The average Bonchev–Trinajstić information content (AvgIpc) is 3.28. The first-order chi connectivity index (χ1) is 32.4. The van der Waals surface area contributed by atoms with Gasteiger partial charge in [0.2, 0.25) is 5.91 Å². The minimum absolute atomic E-state index is 0.00866. The van der Waals surface area contributed by atoms with Crippen LogP contribution in [0.3, 0.4) is 0 Å². The van der Waals surface area contributed by atoms with Gasteiger partial charge < -0.3 is 56.9 Å². The number of nitrogens with one attached hydrogen (secondary N) is 5. The molecule has 0 aromatic heterocycles. The van der Waals surface area contributed by atoms with Crippen molar-refractivity contribution in [3.63, 3.8) is 0 Å². The van der Waals surface area contributed by atoms with Crippen molar-refractivity contribution < 1.29 is 73.5 Å². The topological polar surface area (TPSA) is 345 Å². The van der Waals surface area contributed by atoms with Gasteiger partial charge in [-0.25, -0.2) is 14.4 Å². The number of carboxylic acids is 5. The van der Waals surface area contributed by atoms with Crippen LogP contribution in [0.25, 0.3) is 0 Å². The summed E-state index contributed by atoms with van der Waals surface area (Å²) < 4.78 is 0. The van der Waals surface area contributed by atoms with E-state index < -0.39 is 60.8 Å². The quantitative estimate of drug-likeness (QED) is 0.0391. The van der Waals surface area contributed by atoms with Gasteiger partial charge in [0.15, 0.2) is 0 Å². The number of carbonyl (C=O) groups is 10. The van der Waals surface area contributed by atoms with Gasteiger partial charge in [-0.1, -0.05) is 24.3 Å². The molecule has 1 fully saturated rings. The number of nitrogens with zero attached hydrogens (tertiary/aromatic N) is 4. The lowest BCUT2D eigenvalue weighted by molar-refractivity contribution is -0.141. The fourth-order valence-corrected chi connectivity index (χ4v) is 6.93. The maximum Gasteiger partial charge on any atom is 0.326 e. The maximum atomic E-state index is 13.1. The highest BCUT2D eigenvalue weighted by Crippen LogP contribution is 2.09. The van der Waals surface area contributed by atoms with E-state index >= 15 is 0 Å². The summed E-state index contributed by atoms with van der Waals surface area (Å²) >= 11 is 0. The van der Waals surface area contributed by atoms with Crippen LogP contribution in [0, 0.1) is 0 Å². The molecule has 2 aromatic carbocycles. The van der Waals surface area contributed by atoms with Crippen LogP contribution in [-0.2, 0) is 46.7 Å². The summed E-state index contributed by atoms with van der Waals surface area (Å²) in [5.74, 6) is -7.14. The van der Waals surface area contributed by atoms with E-state index in [-0.39, 0.29) is 76.4 Å². The Labute approximate surface area is 392 Å². The number of amides is 5. The Bertz CT molecular complexity index is 2040. The molecule has 0 radical (unpaired) electrons. The SMILES string of the molecule is O=CCN1CCN(CC(=O)O)CCN(CC(=O)O)CCN(CC(=O)NCc2ccc(C(=O)NCc3ccc(C(=O)NCCCCC(NC(=O)NC(CCC(=O)O)C(=O)O)C(=O)O)cc3)cc2)CC1. The zero-order chi connectivity index (χ0) is 50.0. The second-order valence-electron chi connectivity index (χ2n) is 16.0. The minimum Gasteiger partial charge on any atom is -0.481 e. The zero-order valence-electron chi connectivity index (χ0n) is 37.6. The molecule has 1 aliphatic rings. The number of rotatable bonds is 26. The van der Waals surface area contributed by atoms with Crippen LogP contribution >= 0.6 is 0 Å². The Morgan fingerprint density at radius 2 is 0.941 bits per heavy atom. The van der Waals surface area contributed by atoms with E-state index in [9.17, 15) is 68.4 Å². The Hall–Kier alpha value is -7.02. The summed E-state index contributed by atoms with van der Waals surface area (Å²) in [7, 11) is 0. The van der Waals surface area contributed by atoms with Gasteiger partial charge >= 0.3 is 35.9 Å². The van der Waals surface area contributed by atoms with Crippen LogP contribution in [0.2, 0.25) is 0 Å². The van der Waals surface area contributed by atoms with Crippen LogP contribution in [0.1, 0.15) is 63.9 Å². The number of urea groups is 1. The molecule has 0 spiro atoms. The highest BCUT2D eigenvalue weighted by Gasteiger charge is 2.25. The van der Waals surface area contributed by atoms with E-state index in [1.54, 1.807) is 58.3 Å². The predicted molar refractivity (Wildman–Crippen MR) is 241 cm³/mol. The third kappa shape index (κ3) is 22.0. The first-order valence-corrected chi connectivity index (χ1v) is 21.9. The first kappa shape index (κ1) is 55.3. The largest absolute Gasteiger partial charge is 0.481 e. The molecule has 2 unspecified atom stereocenters. The lowest BCUT2D eigenvalue weighted by Gasteiger charge is -2.32. The van der Waals surface area contributed by atoms with Crippen molar-refractivity contribution in [1.29, 1.82) is 0 Å². The molecule has 68 heavy (non-hydrogen) atoms. The Kier molecular flexibility index (Phi) is 24.1. The number of unbranched alkanes of at least 4 members (excludes halogenated alkanes) is 1. The molecule has 0 bridgehead atoms. The van der Waals surface area contributed by atoms with E-state index in [1.807, 2.05) is 9.80 Å². The van der Waals surface area contributed by atoms with Crippen LogP contribution < -0.4 is 26.6 Å². The predicted octanol–water partition coefficient (Wildman–Crippen LogP) is -1.21. The van der Waals surface area contributed by atoms with Crippen molar-refractivity contribution in [3.05, 3.63) is 70.8 Å².